The summed E-state index contributed by atoms with van der Waals surface area (Å²) in [4.78, 5) is 11.8. The minimum Gasteiger partial charge on any atom is -0.508 e. The molecule has 1 amide bonds. The monoisotopic (exact) mass is 327 g/mol. The molecule has 0 fully saturated rings. The van der Waals surface area contributed by atoms with Gasteiger partial charge in [-0.25, -0.2) is 8.78 Å². The average Bonchev–Trinajstić information content (AvgIpc) is 2.31. The van der Waals surface area contributed by atoms with Crippen LogP contribution in [0.4, 0.5) is 14.5 Å². The van der Waals surface area contributed by atoms with Gasteiger partial charge in [-0.2, -0.15) is 0 Å². The van der Waals surface area contributed by atoms with Crippen LogP contribution in [0, 0.1) is 11.6 Å². The number of benzene rings is 2. The highest BCUT2D eigenvalue weighted by Crippen LogP contribution is 2.21. The van der Waals surface area contributed by atoms with Crippen LogP contribution in [0.15, 0.2) is 40.9 Å². The SMILES string of the molecule is O=C(Nc1ccc(O)cc1F)c1cc(F)cc(Br)c1. The third-order valence-corrected chi connectivity index (χ3v) is 2.78. The van der Waals surface area contributed by atoms with E-state index >= 15 is 0 Å². The second-order valence-electron chi connectivity index (χ2n) is 3.78. The van der Waals surface area contributed by atoms with Gasteiger partial charge < -0.3 is 10.4 Å². The van der Waals surface area contributed by atoms with Crippen molar-refractivity contribution in [2.75, 3.05) is 5.32 Å². The van der Waals surface area contributed by atoms with Crippen LogP contribution in [0.3, 0.4) is 0 Å². The molecule has 6 heteroatoms. The Hall–Kier alpha value is -1.95. The molecule has 0 aliphatic heterocycles. The number of phenols is 1. The molecule has 2 rings (SSSR count). The number of carbonyl (C=O) groups excluding carboxylic acids is 1. The van der Waals surface area contributed by atoms with E-state index in [1.54, 1.807) is 0 Å². The summed E-state index contributed by atoms with van der Waals surface area (Å²) in [6.07, 6.45) is 0. The van der Waals surface area contributed by atoms with Gasteiger partial charge in [-0.3, -0.25) is 4.79 Å². The molecule has 98 valence electrons. The Balaban J connectivity index is 2.25. The Labute approximate surface area is 116 Å². The van der Waals surface area contributed by atoms with Gasteiger partial charge in [0.25, 0.3) is 5.91 Å². The fourth-order valence-corrected chi connectivity index (χ4v) is 1.95. The summed E-state index contributed by atoms with van der Waals surface area (Å²) in [5.41, 5.74) is -0.0393. The number of aromatic hydroxyl groups is 1. The standard InChI is InChI=1S/C13H8BrF2NO2/c14-8-3-7(4-9(15)5-8)13(19)17-12-2-1-10(18)6-11(12)16/h1-6,18H,(H,17,19). The van der Waals surface area contributed by atoms with Gasteiger partial charge in [0.1, 0.15) is 17.4 Å². The predicted octanol–water partition coefficient (Wildman–Crippen LogP) is 3.69. The second kappa shape index (κ2) is 5.36. The van der Waals surface area contributed by atoms with Gasteiger partial charge in [0.15, 0.2) is 0 Å². The first-order chi connectivity index (χ1) is 8.95. The van der Waals surface area contributed by atoms with Crippen LogP contribution >= 0.6 is 15.9 Å². The fraction of sp³-hybridized carbons (Fsp3) is 0. The Kier molecular flexibility index (Phi) is 3.80. The summed E-state index contributed by atoms with van der Waals surface area (Å²) in [6.45, 7) is 0. The largest absolute Gasteiger partial charge is 0.508 e. The number of amides is 1. The maximum atomic E-state index is 13.4. The van der Waals surface area contributed by atoms with Crippen LogP contribution in [-0.2, 0) is 0 Å². The van der Waals surface area contributed by atoms with E-state index in [4.69, 9.17) is 5.11 Å². The summed E-state index contributed by atoms with van der Waals surface area (Å²) in [5.74, 6) is -2.25. The van der Waals surface area contributed by atoms with E-state index in [1.807, 2.05) is 0 Å². The summed E-state index contributed by atoms with van der Waals surface area (Å²) in [7, 11) is 0. The van der Waals surface area contributed by atoms with Gasteiger partial charge in [-0.05, 0) is 30.3 Å². The summed E-state index contributed by atoms with van der Waals surface area (Å²) in [6, 6.07) is 6.99. The molecule has 0 saturated heterocycles. The molecule has 2 N–H and O–H groups in total. The molecule has 0 spiro atoms. The van der Waals surface area contributed by atoms with Crippen LogP contribution in [0.25, 0.3) is 0 Å². The van der Waals surface area contributed by atoms with Crippen molar-refractivity contribution in [2.24, 2.45) is 0 Å². The van der Waals surface area contributed by atoms with Crippen LogP contribution < -0.4 is 5.32 Å². The number of hydrogen-bond acceptors (Lipinski definition) is 2. The van der Waals surface area contributed by atoms with E-state index in [-0.39, 0.29) is 17.0 Å². The van der Waals surface area contributed by atoms with E-state index in [0.29, 0.717) is 4.47 Å². The van der Waals surface area contributed by atoms with E-state index in [9.17, 15) is 13.6 Å². The molecule has 0 aromatic heterocycles. The highest BCUT2D eigenvalue weighted by Gasteiger charge is 2.11. The Morgan fingerprint density at radius 1 is 1.16 bits per heavy atom. The first-order valence-corrected chi connectivity index (χ1v) is 6.01. The zero-order valence-corrected chi connectivity index (χ0v) is 11.0. The van der Waals surface area contributed by atoms with Crippen LogP contribution in [0.1, 0.15) is 10.4 Å². The van der Waals surface area contributed by atoms with Crippen molar-refractivity contribution in [1.82, 2.24) is 0 Å². The van der Waals surface area contributed by atoms with Crippen molar-refractivity contribution >= 4 is 27.5 Å². The van der Waals surface area contributed by atoms with Gasteiger partial charge in [-0.1, -0.05) is 15.9 Å². The summed E-state index contributed by atoms with van der Waals surface area (Å²) < 4.78 is 27.0. The van der Waals surface area contributed by atoms with Gasteiger partial charge in [0.2, 0.25) is 0 Å². The number of halogens is 3. The third kappa shape index (κ3) is 3.29. The van der Waals surface area contributed by atoms with Crippen molar-refractivity contribution in [1.29, 1.82) is 0 Å². The molecule has 19 heavy (non-hydrogen) atoms. The first-order valence-electron chi connectivity index (χ1n) is 5.21. The normalized spacial score (nSPS) is 10.3. The molecule has 0 unspecified atom stereocenters. The lowest BCUT2D eigenvalue weighted by atomic mass is 10.2. The topological polar surface area (TPSA) is 49.3 Å². The van der Waals surface area contributed by atoms with Crippen molar-refractivity contribution < 1.29 is 18.7 Å². The predicted molar refractivity (Wildman–Crippen MR) is 70.1 cm³/mol. The number of hydrogen-bond donors (Lipinski definition) is 2. The van der Waals surface area contributed by atoms with Crippen molar-refractivity contribution in [3.8, 4) is 5.75 Å². The highest BCUT2D eigenvalue weighted by molar-refractivity contribution is 9.10. The molecular formula is C13H8BrF2NO2. The lowest BCUT2D eigenvalue weighted by Gasteiger charge is -2.07. The molecule has 0 heterocycles. The number of carbonyl (C=O) groups is 1. The highest BCUT2D eigenvalue weighted by atomic mass is 79.9. The Morgan fingerprint density at radius 2 is 1.89 bits per heavy atom. The second-order valence-corrected chi connectivity index (χ2v) is 4.69. The molecular weight excluding hydrogens is 320 g/mol. The van der Waals surface area contributed by atoms with Crippen LogP contribution in [-0.4, -0.2) is 11.0 Å². The molecule has 0 radical (unpaired) electrons. The average molecular weight is 328 g/mol. The Morgan fingerprint density at radius 3 is 2.53 bits per heavy atom. The van der Waals surface area contributed by atoms with Crippen molar-refractivity contribution in [3.05, 3.63) is 58.1 Å². The summed E-state index contributed by atoms with van der Waals surface area (Å²) >= 11 is 3.06. The lowest BCUT2D eigenvalue weighted by molar-refractivity contribution is 0.102. The van der Waals surface area contributed by atoms with Crippen molar-refractivity contribution in [2.45, 2.75) is 0 Å². The third-order valence-electron chi connectivity index (χ3n) is 2.33. The maximum absolute atomic E-state index is 13.4. The first kappa shape index (κ1) is 13.5. The molecule has 0 aliphatic rings. The molecule has 0 atom stereocenters. The van der Waals surface area contributed by atoms with Gasteiger partial charge in [0.05, 0.1) is 5.69 Å². The van der Waals surface area contributed by atoms with Gasteiger partial charge in [-0.15, -0.1) is 0 Å². The van der Waals surface area contributed by atoms with E-state index in [1.165, 1.54) is 24.3 Å². The van der Waals surface area contributed by atoms with Crippen LogP contribution in [0.2, 0.25) is 0 Å². The van der Waals surface area contributed by atoms with E-state index in [2.05, 4.69) is 21.2 Å². The molecule has 0 bridgehead atoms. The van der Waals surface area contributed by atoms with Gasteiger partial charge >= 0.3 is 0 Å². The summed E-state index contributed by atoms with van der Waals surface area (Å²) in [5, 5.41) is 11.3. The molecule has 0 aliphatic carbocycles. The van der Waals surface area contributed by atoms with E-state index in [0.717, 1.165) is 12.1 Å². The quantitative estimate of drug-likeness (QED) is 0.826. The smallest absolute Gasteiger partial charge is 0.255 e. The zero-order chi connectivity index (χ0) is 14.0. The molecule has 2 aromatic carbocycles. The maximum Gasteiger partial charge on any atom is 0.255 e. The minimum atomic E-state index is -0.774. The fourth-order valence-electron chi connectivity index (χ4n) is 1.48. The molecule has 0 saturated carbocycles. The number of anilines is 1. The molecule has 3 nitrogen and oxygen atoms in total. The number of phenolic OH excluding ortho intramolecular Hbond substituents is 1. The van der Waals surface area contributed by atoms with Crippen molar-refractivity contribution in [3.63, 3.8) is 0 Å². The van der Waals surface area contributed by atoms with E-state index < -0.39 is 17.5 Å². The Bertz CT molecular complexity index is 626. The lowest BCUT2D eigenvalue weighted by Crippen LogP contribution is -2.13. The number of nitrogens with one attached hydrogen (secondary N) is 1. The van der Waals surface area contributed by atoms with Gasteiger partial charge in [0, 0.05) is 16.1 Å². The minimum absolute atomic E-state index is 0.0550. The zero-order valence-electron chi connectivity index (χ0n) is 9.45. The van der Waals surface area contributed by atoms with Crippen LogP contribution in [0.5, 0.6) is 5.75 Å². The number of rotatable bonds is 2. The molecule has 2 aromatic rings.